The Hall–Kier alpha value is -2.11. The summed E-state index contributed by atoms with van der Waals surface area (Å²) in [6.07, 6.45) is 0. The van der Waals surface area contributed by atoms with Crippen LogP contribution in [0.3, 0.4) is 0 Å². The second kappa shape index (κ2) is 3.95. The highest BCUT2D eigenvalue weighted by Gasteiger charge is 2.13. The van der Waals surface area contributed by atoms with E-state index in [0.717, 1.165) is 0 Å². The second-order valence-corrected chi connectivity index (χ2v) is 3.08. The van der Waals surface area contributed by atoms with Crippen molar-refractivity contribution in [2.75, 3.05) is 17.7 Å². The lowest BCUT2D eigenvalue weighted by atomic mass is 10.2. The zero-order valence-electron chi connectivity index (χ0n) is 8.43. The average molecular weight is 209 g/mol. The van der Waals surface area contributed by atoms with E-state index < -0.39 is 4.92 Å². The maximum absolute atomic E-state index is 11.0. The fraction of sp³-hybridized carbons (Fsp3) is 0.222. The number of nitro benzene ring substituents is 1. The van der Waals surface area contributed by atoms with Crippen LogP contribution < -0.4 is 10.6 Å². The van der Waals surface area contributed by atoms with Gasteiger partial charge in [0, 0.05) is 25.7 Å². The first kappa shape index (κ1) is 11.0. The van der Waals surface area contributed by atoms with Crippen molar-refractivity contribution in [1.82, 2.24) is 0 Å². The van der Waals surface area contributed by atoms with Gasteiger partial charge in [0.2, 0.25) is 5.91 Å². The number of hydrogen-bond donors (Lipinski definition) is 1. The first-order valence-electron chi connectivity index (χ1n) is 4.21. The minimum absolute atomic E-state index is 0.0469. The van der Waals surface area contributed by atoms with Gasteiger partial charge in [0.25, 0.3) is 5.69 Å². The molecule has 0 aliphatic heterocycles. The smallest absolute Gasteiger partial charge is 0.292 e. The summed E-state index contributed by atoms with van der Waals surface area (Å²) in [4.78, 5) is 22.3. The summed E-state index contributed by atoms with van der Waals surface area (Å²) in [6, 6.07) is 4.17. The number of carbonyl (C=O) groups excluding carboxylic acids is 1. The topological polar surface area (TPSA) is 89.5 Å². The maximum Gasteiger partial charge on any atom is 0.292 e. The van der Waals surface area contributed by atoms with E-state index in [-0.39, 0.29) is 17.3 Å². The van der Waals surface area contributed by atoms with Crippen LogP contribution in [0.25, 0.3) is 0 Å². The number of rotatable bonds is 2. The summed E-state index contributed by atoms with van der Waals surface area (Å²) in [5.41, 5.74) is 5.90. The Morgan fingerprint density at radius 2 is 2.13 bits per heavy atom. The molecule has 0 fully saturated rings. The summed E-state index contributed by atoms with van der Waals surface area (Å²) in [5.74, 6) is -0.164. The van der Waals surface area contributed by atoms with E-state index in [4.69, 9.17) is 5.73 Å². The van der Waals surface area contributed by atoms with Crippen molar-refractivity contribution in [3.63, 3.8) is 0 Å². The summed E-state index contributed by atoms with van der Waals surface area (Å²) in [7, 11) is 1.57. The predicted molar refractivity (Wildman–Crippen MR) is 56.6 cm³/mol. The van der Waals surface area contributed by atoms with Crippen molar-refractivity contribution in [2.24, 2.45) is 0 Å². The Morgan fingerprint density at radius 1 is 1.53 bits per heavy atom. The molecule has 0 aromatic heterocycles. The van der Waals surface area contributed by atoms with Crippen molar-refractivity contribution in [3.05, 3.63) is 28.3 Å². The van der Waals surface area contributed by atoms with Crippen molar-refractivity contribution in [3.8, 4) is 0 Å². The summed E-state index contributed by atoms with van der Waals surface area (Å²) in [5, 5.41) is 10.5. The van der Waals surface area contributed by atoms with Crippen LogP contribution in [0.2, 0.25) is 0 Å². The highest BCUT2D eigenvalue weighted by atomic mass is 16.6. The molecule has 0 unspecified atom stereocenters. The number of nitrogens with two attached hydrogens (primary N) is 1. The molecule has 0 spiro atoms. The molecule has 0 bridgehead atoms. The number of nitrogen functional groups attached to an aromatic ring is 1. The number of carbonyl (C=O) groups is 1. The Labute approximate surface area is 86.4 Å². The minimum Gasteiger partial charge on any atom is -0.393 e. The fourth-order valence-corrected chi connectivity index (χ4v) is 1.10. The number of amides is 1. The standard InChI is InChI=1S/C9H11N3O3/c1-6(13)11(2)7-3-4-9(12(14)15)8(10)5-7/h3-5H,10H2,1-2H3. The molecule has 0 radical (unpaired) electrons. The SMILES string of the molecule is CC(=O)N(C)c1ccc([N+](=O)[O-])c(N)c1. The van der Waals surface area contributed by atoms with Gasteiger partial charge >= 0.3 is 0 Å². The molecule has 0 saturated carbocycles. The van der Waals surface area contributed by atoms with Crippen LogP contribution in [0.5, 0.6) is 0 Å². The first-order chi connectivity index (χ1) is 6.93. The van der Waals surface area contributed by atoms with Crippen LogP contribution in [0.15, 0.2) is 18.2 Å². The molecule has 0 heterocycles. The van der Waals surface area contributed by atoms with Gasteiger partial charge in [-0.1, -0.05) is 0 Å². The molecule has 1 aromatic carbocycles. The van der Waals surface area contributed by atoms with Crippen LogP contribution in [0.4, 0.5) is 17.1 Å². The minimum atomic E-state index is -0.563. The molecule has 0 aliphatic rings. The summed E-state index contributed by atoms with van der Waals surface area (Å²) < 4.78 is 0. The largest absolute Gasteiger partial charge is 0.393 e. The molecule has 1 aromatic rings. The predicted octanol–water partition coefficient (Wildman–Crippen LogP) is 1.16. The molecule has 0 aliphatic carbocycles. The van der Waals surface area contributed by atoms with E-state index in [1.54, 1.807) is 7.05 Å². The van der Waals surface area contributed by atoms with Gasteiger partial charge in [0.05, 0.1) is 4.92 Å². The number of hydrogen-bond acceptors (Lipinski definition) is 4. The van der Waals surface area contributed by atoms with Crippen LogP contribution in [0.1, 0.15) is 6.92 Å². The zero-order valence-corrected chi connectivity index (χ0v) is 8.43. The van der Waals surface area contributed by atoms with Gasteiger partial charge in [0.1, 0.15) is 5.69 Å². The Kier molecular flexibility index (Phi) is 2.89. The quantitative estimate of drug-likeness (QED) is 0.449. The van der Waals surface area contributed by atoms with E-state index in [1.165, 1.54) is 30.0 Å². The van der Waals surface area contributed by atoms with E-state index >= 15 is 0 Å². The number of anilines is 2. The highest BCUT2D eigenvalue weighted by Crippen LogP contribution is 2.26. The lowest BCUT2D eigenvalue weighted by Gasteiger charge is -2.14. The lowest BCUT2D eigenvalue weighted by Crippen LogP contribution is -2.22. The Balaban J connectivity index is 3.12. The van der Waals surface area contributed by atoms with Gasteiger partial charge in [0.15, 0.2) is 0 Å². The number of benzene rings is 1. The number of nitrogens with zero attached hydrogens (tertiary/aromatic N) is 2. The molecular formula is C9H11N3O3. The van der Waals surface area contributed by atoms with Crippen molar-refractivity contribution in [1.29, 1.82) is 0 Å². The van der Waals surface area contributed by atoms with Gasteiger partial charge in [-0.05, 0) is 12.1 Å². The maximum atomic E-state index is 11.0. The van der Waals surface area contributed by atoms with Gasteiger partial charge < -0.3 is 10.6 Å². The van der Waals surface area contributed by atoms with Crippen molar-refractivity contribution >= 4 is 23.0 Å². The molecule has 80 valence electrons. The van der Waals surface area contributed by atoms with Gasteiger partial charge in [-0.3, -0.25) is 14.9 Å². The third-order valence-electron chi connectivity index (χ3n) is 2.07. The third-order valence-corrected chi connectivity index (χ3v) is 2.07. The van der Waals surface area contributed by atoms with Crippen molar-refractivity contribution < 1.29 is 9.72 Å². The Bertz CT molecular complexity index is 417. The third kappa shape index (κ3) is 2.22. The van der Waals surface area contributed by atoms with Crippen molar-refractivity contribution in [2.45, 2.75) is 6.92 Å². The molecule has 1 rings (SSSR count). The van der Waals surface area contributed by atoms with E-state index in [9.17, 15) is 14.9 Å². The van der Waals surface area contributed by atoms with E-state index in [2.05, 4.69) is 0 Å². The van der Waals surface area contributed by atoms with Gasteiger partial charge in [-0.25, -0.2) is 0 Å². The molecule has 6 nitrogen and oxygen atoms in total. The van der Waals surface area contributed by atoms with Gasteiger partial charge in [-0.15, -0.1) is 0 Å². The van der Waals surface area contributed by atoms with E-state index in [0.29, 0.717) is 5.69 Å². The molecule has 1 amide bonds. The zero-order chi connectivity index (χ0) is 11.6. The fourth-order valence-electron chi connectivity index (χ4n) is 1.10. The monoisotopic (exact) mass is 209 g/mol. The summed E-state index contributed by atoms with van der Waals surface area (Å²) >= 11 is 0. The highest BCUT2D eigenvalue weighted by molar-refractivity contribution is 5.91. The molecule has 0 atom stereocenters. The molecule has 0 saturated heterocycles. The average Bonchev–Trinajstić information content (AvgIpc) is 2.15. The lowest BCUT2D eigenvalue weighted by molar-refractivity contribution is -0.383. The van der Waals surface area contributed by atoms with Crippen LogP contribution in [0, 0.1) is 10.1 Å². The Morgan fingerprint density at radius 3 is 2.53 bits per heavy atom. The normalized spacial score (nSPS) is 9.73. The summed E-state index contributed by atoms with van der Waals surface area (Å²) in [6.45, 7) is 1.40. The second-order valence-electron chi connectivity index (χ2n) is 3.08. The molecule has 15 heavy (non-hydrogen) atoms. The number of nitro groups is 1. The molecular weight excluding hydrogens is 198 g/mol. The van der Waals surface area contributed by atoms with E-state index in [1.807, 2.05) is 0 Å². The van der Waals surface area contributed by atoms with Crippen LogP contribution >= 0.6 is 0 Å². The van der Waals surface area contributed by atoms with Gasteiger partial charge in [-0.2, -0.15) is 0 Å². The molecule has 2 N–H and O–H groups in total. The molecule has 6 heteroatoms. The van der Waals surface area contributed by atoms with Crippen LogP contribution in [-0.4, -0.2) is 17.9 Å². The first-order valence-corrected chi connectivity index (χ1v) is 4.21. The van der Waals surface area contributed by atoms with Crippen LogP contribution in [-0.2, 0) is 4.79 Å².